The van der Waals surface area contributed by atoms with Crippen molar-refractivity contribution >= 4 is 29.0 Å². The van der Waals surface area contributed by atoms with E-state index in [1.807, 2.05) is 4.98 Å². The first-order valence-electron chi connectivity index (χ1n) is 5.31. The number of anilines is 2. The second-order valence-electron chi connectivity index (χ2n) is 3.69. The summed E-state index contributed by atoms with van der Waals surface area (Å²) in [5.41, 5.74) is -1.34. The van der Waals surface area contributed by atoms with Crippen molar-refractivity contribution in [2.45, 2.75) is 0 Å². The van der Waals surface area contributed by atoms with Gasteiger partial charge in [-0.25, -0.2) is 14.0 Å². The van der Waals surface area contributed by atoms with E-state index in [0.717, 1.165) is 12.3 Å². The van der Waals surface area contributed by atoms with E-state index in [9.17, 15) is 18.8 Å². The van der Waals surface area contributed by atoms with E-state index in [2.05, 4.69) is 15.6 Å². The van der Waals surface area contributed by atoms with Gasteiger partial charge in [-0.2, -0.15) is 0 Å². The number of nitrogens with one attached hydrogen (secondary N) is 4. The van der Waals surface area contributed by atoms with Crippen LogP contribution in [0.1, 0.15) is 0 Å². The van der Waals surface area contributed by atoms with Crippen molar-refractivity contribution < 1.29 is 9.18 Å². The molecule has 0 aliphatic rings. The lowest BCUT2D eigenvalue weighted by Crippen LogP contribution is -2.28. The molecule has 7 nitrogen and oxygen atoms in total. The first-order valence-corrected chi connectivity index (χ1v) is 5.68. The number of halogens is 2. The number of amides is 2. The fraction of sp³-hybridized carbons (Fsp3) is 0. The largest absolute Gasteiger partial charge is 0.325 e. The molecule has 0 radical (unpaired) electrons. The zero-order valence-electron chi connectivity index (χ0n) is 9.79. The second-order valence-corrected chi connectivity index (χ2v) is 4.10. The number of aromatic nitrogens is 2. The number of rotatable bonds is 2. The maximum absolute atomic E-state index is 12.9. The highest BCUT2D eigenvalue weighted by Gasteiger charge is 2.07. The third-order valence-electron chi connectivity index (χ3n) is 2.24. The number of carbonyl (C=O) groups excluding carboxylic acids is 1. The van der Waals surface area contributed by atoms with Crippen LogP contribution in [-0.4, -0.2) is 16.0 Å². The molecule has 104 valence electrons. The summed E-state index contributed by atoms with van der Waals surface area (Å²) in [6, 6.07) is 2.86. The molecule has 1 heterocycles. The predicted molar refractivity (Wildman–Crippen MR) is 71.7 cm³/mol. The lowest BCUT2D eigenvalue weighted by atomic mass is 10.3. The standard InChI is InChI=1S/C11H8ClFN4O3/c12-6-3-5(1-2-7(6)13)15-11(20)16-8-4-14-10(19)17-9(8)18/h1-4H,(H2,15,16,20)(H2,14,17,18,19). The van der Waals surface area contributed by atoms with Gasteiger partial charge in [0.2, 0.25) is 0 Å². The topological polar surface area (TPSA) is 107 Å². The highest BCUT2D eigenvalue weighted by atomic mass is 35.5. The van der Waals surface area contributed by atoms with E-state index in [1.165, 1.54) is 12.1 Å². The van der Waals surface area contributed by atoms with Gasteiger partial charge in [0.1, 0.15) is 11.5 Å². The third kappa shape index (κ3) is 3.23. The van der Waals surface area contributed by atoms with Crippen LogP contribution in [0.3, 0.4) is 0 Å². The minimum atomic E-state index is -0.749. The first kappa shape index (κ1) is 13.8. The van der Waals surface area contributed by atoms with Gasteiger partial charge in [-0.3, -0.25) is 9.78 Å². The van der Waals surface area contributed by atoms with Gasteiger partial charge in [0.15, 0.2) is 0 Å². The maximum atomic E-state index is 12.9. The molecular formula is C11H8ClFN4O3. The van der Waals surface area contributed by atoms with E-state index in [4.69, 9.17) is 11.6 Å². The average Bonchev–Trinajstić information content (AvgIpc) is 2.37. The number of urea groups is 1. The Labute approximate surface area is 115 Å². The van der Waals surface area contributed by atoms with Crippen LogP contribution in [0.2, 0.25) is 5.02 Å². The summed E-state index contributed by atoms with van der Waals surface area (Å²) in [5.74, 6) is -0.616. The molecule has 9 heteroatoms. The molecule has 0 aliphatic carbocycles. The molecule has 0 bridgehead atoms. The van der Waals surface area contributed by atoms with Gasteiger partial charge in [0.05, 0.1) is 5.02 Å². The predicted octanol–water partition coefficient (Wildman–Crippen LogP) is 1.50. The zero-order chi connectivity index (χ0) is 14.7. The zero-order valence-corrected chi connectivity index (χ0v) is 10.5. The number of hydrogen-bond acceptors (Lipinski definition) is 3. The maximum Gasteiger partial charge on any atom is 0.325 e. The van der Waals surface area contributed by atoms with Crippen LogP contribution in [0.5, 0.6) is 0 Å². The number of benzene rings is 1. The van der Waals surface area contributed by atoms with Gasteiger partial charge in [-0.1, -0.05) is 11.6 Å². The fourth-order valence-corrected chi connectivity index (χ4v) is 1.54. The quantitative estimate of drug-likeness (QED) is 0.675. The summed E-state index contributed by atoms with van der Waals surface area (Å²) in [6.07, 6.45) is 1.05. The molecule has 20 heavy (non-hydrogen) atoms. The number of hydrogen-bond donors (Lipinski definition) is 4. The van der Waals surface area contributed by atoms with Crippen molar-refractivity contribution in [3.63, 3.8) is 0 Å². The lowest BCUT2D eigenvalue weighted by Gasteiger charge is -2.07. The van der Waals surface area contributed by atoms with Gasteiger partial charge >= 0.3 is 11.7 Å². The molecule has 2 aromatic rings. The summed E-state index contributed by atoms with van der Waals surface area (Å²) >= 11 is 5.56. The monoisotopic (exact) mass is 298 g/mol. The van der Waals surface area contributed by atoms with E-state index in [-0.39, 0.29) is 16.4 Å². The summed E-state index contributed by atoms with van der Waals surface area (Å²) in [5, 5.41) is 4.43. The summed E-state index contributed by atoms with van der Waals surface area (Å²) in [7, 11) is 0. The van der Waals surface area contributed by atoms with Crippen LogP contribution in [0.25, 0.3) is 0 Å². The first-order chi connectivity index (χ1) is 9.45. The number of H-pyrrole nitrogens is 2. The lowest BCUT2D eigenvalue weighted by molar-refractivity contribution is 0.262. The molecule has 4 N–H and O–H groups in total. The van der Waals surface area contributed by atoms with E-state index < -0.39 is 23.1 Å². The summed E-state index contributed by atoms with van der Waals surface area (Å²) in [4.78, 5) is 37.9. The van der Waals surface area contributed by atoms with Crippen LogP contribution in [-0.2, 0) is 0 Å². The van der Waals surface area contributed by atoms with E-state index in [1.54, 1.807) is 0 Å². The highest BCUT2D eigenvalue weighted by molar-refractivity contribution is 6.31. The normalized spacial score (nSPS) is 10.1. The molecule has 0 aliphatic heterocycles. The summed E-state index contributed by atoms with van der Waals surface area (Å²) in [6.45, 7) is 0. The van der Waals surface area contributed by atoms with Crippen LogP contribution in [0.15, 0.2) is 34.0 Å². The number of carbonyl (C=O) groups is 1. The van der Waals surface area contributed by atoms with E-state index in [0.29, 0.717) is 0 Å². The Morgan fingerprint density at radius 3 is 2.65 bits per heavy atom. The van der Waals surface area contributed by atoms with Crippen molar-refractivity contribution in [2.24, 2.45) is 0 Å². The molecule has 0 atom stereocenters. The van der Waals surface area contributed by atoms with Gasteiger partial charge in [0, 0.05) is 11.9 Å². The van der Waals surface area contributed by atoms with Crippen molar-refractivity contribution in [2.75, 3.05) is 10.6 Å². The van der Waals surface area contributed by atoms with Crippen molar-refractivity contribution in [1.29, 1.82) is 0 Å². The Balaban J connectivity index is 2.10. The van der Waals surface area contributed by atoms with Crippen molar-refractivity contribution in [3.8, 4) is 0 Å². The minimum absolute atomic E-state index is 0.143. The highest BCUT2D eigenvalue weighted by Crippen LogP contribution is 2.19. The molecule has 0 spiro atoms. The molecule has 1 aromatic heterocycles. The van der Waals surface area contributed by atoms with Gasteiger partial charge < -0.3 is 15.6 Å². The fourth-order valence-electron chi connectivity index (χ4n) is 1.36. The smallest absolute Gasteiger partial charge is 0.312 e. The van der Waals surface area contributed by atoms with Crippen LogP contribution < -0.4 is 21.9 Å². The minimum Gasteiger partial charge on any atom is -0.312 e. The number of aromatic amines is 2. The van der Waals surface area contributed by atoms with Crippen LogP contribution >= 0.6 is 11.6 Å². The Bertz CT molecular complexity index is 771. The Morgan fingerprint density at radius 1 is 1.25 bits per heavy atom. The molecule has 0 saturated heterocycles. The Morgan fingerprint density at radius 2 is 2.00 bits per heavy atom. The molecule has 0 unspecified atom stereocenters. The average molecular weight is 299 g/mol. The molecule has 2 rings (SSSR count). The molecule has 0 fully saturated rings. The Kier molecular flexibility index (Phi) is 3.85. The second kappa shape index (κ2) is 5.57. The Hall–Kier alpha value is -2.61. The van der Waals surface area contributed by atoms with Crippen LogP contribution in [0, 0.1) is 5.82 Å². The molecular weight excluding hydrogens is 291 g/mol. The summed E-state index contributed by atoms with van der Waals surface area (Å²) < 4.78 is 12.9. The van der Waals surface area contributed by atoms with Gasteiger partial charge in [-0.15, -0.1) is 0 Å². The SMILES string of the molecule is O=C(Nc1ccc(F)c(Cl)c1)Nc1c[nH]c(=O)[nH]c1=O. The molecule has 1 aromatic carbocycles. The van der Waals surface area contributed by atoms with Crippen molar-refractivity contribution in [3.05, 3.63) is 56.1 Å². The van der Waals surface area contributed by atoms with Crippen LogP contribution in [0.4, 0.5) is 20.6 Å². The van der Waals surface area contributed by atoms with Gasteiger partial charge in [0.25, 0.3) is 5.56 Å². The van der Waals surface area contributed by atoms with Crippen molar-refractivity contribution in [1.82, 2.24) is 9.97 Å². The molecule has 2 amide bonds. The van der Waals surface area contributed by atoms with Gasteiger partial charge in [-0.05, 0) is 18.2 Å². The third-order valence-corrected chi connectivity index (χ3v) is 2.53. The molecule has 0 saturated carbocycles. The van der Waals surface area contributed by atoms with E-state index >= 15 is 0 Å².